The summed E-state index contributed by atoms with van der Waals surface area (Å²) in [6.45, 7) is 0.488. The Kier molecular flexibility index (Phi) is 8.32. The van der Waals surface area contributed by atoms with Crippen LogP contribution >= 0.6 is 24.0 Å². The number of carboxylic acid groups (broad SMARTS) is 1. The predicted octanol–water partition coefficient (Wildman–Crippen LogP) is 5.23. The van der Waals surface area contributed by atoms with Crippen LogP contribution in [0.2, 0.25) is 5.02 Å². The van der Waals surface area contributed by atoms with Gasteiger partial charge in [0.05, 0.1) is 11.7 Å². The van der Waals surface area contributed by atoms with Gasteiger partial charge in [-0.1, -0.05) is 54.1 Å². The summed E-state index contributed by atoms with van der Waals surface area (Å²) in [7, 11) is 0. The Morgan fingerprint density at radius 1 is 1.03 bits per heavy atom. The van der Waals surface area contributed by atoms with Gasteiger partial charge in [-0.15, -0.1) is 12.4 Å². The summed E-state index contributed by atoms with van der Waals surface area (Å²) in [6.07, 6.45) is 3.08. The third-order valence-electron chi connectivity index (χ3n) is 5.91. The van der Waals surface area contributed by atoms with Gasteiger partial charge in [-0.2, -0.15) is 0 Å². The fraction of sp³-hybridized carbons (Fsp3) is 0.269. The van der Waals surface area contributed by atoms with Crippen LogP contribution in [-0.4, -0.2) is 28.8 Å². The number of halogens is 2. The number of hydrogen-bond acceptors (Lipinski definition) is 3. The Bertz CT molecular complexity index is 1090. The molecule has 0 aromatic heterocycles. The highest BCUT2D eigenvalue weighted by atomic mass is 35.5. The second-order valence-corrected chi connectivity index (χ2v) is 8.64. The second kappa shape index (κ2) is 11.0. The van der Waals surface area contributed by atoms with Gasteiger partial charge in [0.2, 0.25) is 0 Å². The molecule has 0 spiro atoms. The number of aromatic carboxylic acids is 1. The molecule has 168 valence electrons. The Hall–Kier alpha value is -2.37. The average Bonchev–Trinajstić information content (AvgIpc) is 2.77. The number of rotatable bonds is 7. The molecule has 0 radical (unpaired) electrons. The summed E-state index contributed by atoms with van der Waals surface area (Å²) in [5.41, 5.74) is 6.01. The normalized spacial score (nSPS) is 16.0. The molecule has 1 aliphatic carbocycles. The number of aliphatic hydroxyl groups excluding tert-OH is 1. The van der Waals surface area contributed by atoms with E-state index >= 15 is 0 Å². The lowest BCUT2D eigenvalue weighted by Gasteiger charge is -2.27. The molecule has 0 aliphatic heterocycles. The molecule has 0 fully saturated rings. The summed E-state index contributed by atoms with van der Waals surface area (Å²) < 4.78 is 0. The predicted molar refractivity (Wildman–Crippen MR) is 130 cm³/mol. The monoisotopic (exact) mass is 471 g/mol. The van der Waals surface area contributed by atoms with E-state index in [0.717, 1.165) is 30.4 Å². The van der Waals surface area contributed by atoms with E-state index in [2.05, 4.69) is 23.5 Å². The number of nitrogens with one attached hydrogen (secondary N) is 1. The molecule has 3 aromatic rings. The van der Waals surface area contributed by atoms with Crippen molar-refractivity contribution in [2.75, 3.05) is 6.54 Å². The van der Waals surface area contributed by atoms with Gasteiger partial charge >= 0.3 is 5.97 Å². The zero-order valence-corrected chi connectivity index (χ0v) is 19.2. The molecular formula is C26H27Cl2NO3. The van der Waals surface area contributed by atoms with Crippen molar-refractivity contribution in [1.82, 2.24) is 5.32 Å². The Labute approximate surface area is 199 Å². The lowest BCUT2D eigenvalue weighted by molar-refractivity contribution is 0.0696. The summed E-state index contributed by atoms with van der Waals surface area (Å²) in [5.74, 6) is -0.902. The molecule has 0 unspecified atom stereocenters. The number of aryl methyl sites for hydroxylation is 1. The molecule has 0 bridgehead atoms. The average molecular weight is 472 g/mol. The highest BCUT2D eigenvalue weighted by Gasteiger charge is 2.20. The molecule has 0 heterocycles. The maximum absolute atomic E-state index is 11.2. The molecular weight excluding hydrogens is 445 g/mol. The molecule has 0 saturated carbocycles. The third kappa shape index (κ3) is 6.11. The second-order valence-electron chi connectivity index (χ2n) is 8.20. The molecule has 3 aromatic carbocycles. The minimum absolute atomic E-state index is 0. The van der Waals surface area contributed by atoms with Crippen LogP contribution < -0.4 is 5.32 Å². The topological polar surface area (TPSA) is 69.6 Å². The molecule has 3 N–H and O–H groups in total. The summed E-state index contributed by atoms with van der Waals surface area (Å²) >= 11 is 6.03. The standard InChI is InChI=1S/C26H26ClNO3.ClH/c27-23-6-2-4-20(14-23)25(29)16-28-24-10-9-19-8-7-18(13-22(19)15-24)11-17-3-1-5-21(12-17)26(30)31;/h1-8,12-14,24-25,28-29H,9-11,15-16H2,(H,30,31);1H/t24-,25+;/m0./s1. The number of hydrogen-bond donors (Lipinski definition) is 3. The lowest BCUT2D eigenvalue weighted by atomic mass is 9.86. The zero-order valence-electron chi connectivity index (χ0n) is 17.6. The van der Waals surface area contributed by atoms with Gasteiger partial charge in [-0.05, 0) is 77.8 Å². The molecule has 0 amide bonds. The van der Waals surface area contributed by atoms with Crippen LogP contribution in [0.1, 0.15) is 50.7 Å². The fourth-order valence-electron chi connectivity index (χ4n) is 4.25. The van der Waals surface area contributed by atoms with Crippen molar-refractivity contribution < 1.29 is 15.0 Å². The molecule has 32 heavy (non-hydrogen) atoms. The fourth-order valence-corrected chi connectivity index (χ4v) is 4.45. The van der Waals surface area contributed by atoms with Crippen LogP contribution in [0.25, 0.3) is 0 Å². The van der Waals surface area contributed by atoms with Crippen molar-refractivity contribution in [2.24, 2.45) is 0 Å². The van der Waals surface area contributed by atoms with Gasteiger partial charge in [-0.25, -0.2) is 4.79 Å². The van der Waals surface area contributed by atoms with Crippen LogP contribution in [0, 0.1) is 0 Å². The van der Waals surface area contributed by atoms with Gasteiger partial charge in [0, 0.05) is 17.6 Å². The maximum Gasteiger partial charge on any atom is 0.335 e. The van der Waals surface area contributed by atoms with Crippen molar-refractivity contribution in [3.63, 3.8) is 0 Å². The molecule has 1 aliphatic rings. The molecule has 0 saturated heterocycles. The van der Waals surface area contributed by atoms with Crippen molar-refractivity contribution in [3.05, 3.63) is 105 Å². The van der Waals surface area contributed by atoms with Gasteiger partial charge < -0.3 is 15.5 Å². The quantitative estimate of drug-likeness (QED) is 0.441. The van der Waals surface area contributed by atoms with Crippen LogP contribution in [0.4, 0.5) is 0 Å². The van der Waals surface area contributed by atoms with Crippen molar-refractivity contribution >= 4 is 30.0 Å². The van der Waals surface area contributed by atoms with E-state index in [9.17, 15) is 15.0 Å². The first-order chi connectivity index (χ1) is 15.0. The Balaban J connectivity index is 0.00000289. The van der Waals surface area contributed by atoms with Crippen LogP contribution in [0.15, 0.2) is 66.7 Å². The van der Waals surface area contributed by atoms with Gasteiger partial charge in [0.1, 0.15) is 0 Å². The van der Waals surface area contributed by atoms with Crippen molar-refractivity contribution in [3.8, 4) is 0 Å². The molecule has 4 nitrogen and oxygen atoms in total. The van der Waals surface area contributed by atoms with Crippen LogP contribution in [-0.2, 0) is 19.3 Å². The van der Waals surface area contributed by atoms with E-state index < -0.39 is 12.1 Å². The summed E-state index contributed by atoms with van der Waals surface area (Å²) in [5, 5.41) is 23.8. The van der Waals surface area contributed by atoms with Gasteiger partial charge in [-0.3, -0.25) is 0 Å². The third-order valence-corrected chi connectivity index (χ3v) is 6.15. The first kappa shape index (κ1) is 24.3. The summed E-state index contributed by atoms with van der Waals surface area (Å²) in [4.78, 5) is 11.2. The number of benzene rings is 3. The van der Waals surface area contributed by atoms with E-state index in [4.69, 9.17) is 11.6 Å². The van der Waals surface area contributed by atoms with E-state index in [1.807, 2.05) is 18.2 Å². The number of carboxylic acids is 1. The number of fused-ring (bicyclic) bond motifs is 1. The van der Waals surface area contributed by atoms with Gasteiger partial charge in [0.25, 0.3) is 0 Å². The maximum atomic E-state index is 11.2. The van der Waals surface area contributed by atoms with E-state index in [-0.39, 0.29) is 12.4 Å². The highest BCUT2D eigenvalue weighted by molar-refractivity contribution is 6.30. The van der Waals surface area contributed by atoms with Crippen LogP contribution in [0.5, 0.6) is 0 Å². The molecule has 2 atom stereocenters. The molecule has 6 heteroatoms. The largest absolute Gasteiger partial charge is 0.478 e. The number of carbonyl (C=O) groups is 1. The highest BCUT2D eigenvalue weighted by Crippen LogP contribution is 2.25. The SMILES string of the molecule is Cl.O=C(O)c1cccc(Cc2ccc3c(c2)C[C@@H](NC[C@@H](O)c2cccc(Cl)c2)CC3)c1. The minimum atomic E-state index is -0.902. The van der Waals surface area contributed by atoms with E-state index in [1.54, 1.807) is 30.3 Å². The van der Waals surface area contributed by atoms with Crippen molar-refractivity contribution in [2.45, 2.75) is 37.8 Å². The smallest absolute Gasteiger partial charge is 0.335 e. The van der Waals surface area contributed by atoms with E-state index in [0.29, 0.717) is 29.6 Å². The number of aliphatic hydroxyl groups is 1. The lowest BCUT2D eigenvalue weighted by Crippen LogP contribution is -2.37. The zero-order chi connectivity index (χ0) is 21.8. The van der Waals surface area contributed by atoms with E-state index in [1.165, 1.54) is 16.7 Å². The Morgan fingerprint density at radius 3 is 2.59 bits per heavy atom. The first-order valence-corrected chi connectivity index (χ1v) is 11.0. The van der Waals surface area contributed by atoms with Crippen LogP contribution in [0.3, 0.4) is 0 Å². The molecule has 4 rings (SSSR count). The minimum Gasteiger partial charge on any atom is -0.478 e. The van der Waals surface area contributed by atoms with Crippen molar-refractivity contribution in [1.29, 1.82) is 0 Å². The summed E-state index contributed by atoms with van der Waals surface area (Å²) in [6, 6.07) is 21.4. The van der Waals surface area contributed by atoms with Gasteiger partial charge in [0.15, 0.2) is 0 Å². The first-order valence-electron chi connectivity index (χ1n) is 10.6. The Morgan fingerprint density at radius 2 is 1.81 bits per heavy atom.